The van der Waals surface area contributed by atoms with E-state index in [9.17, 15) is 4.79 Å². The fourth-order valence-corrected chi connectivity index (χ4v) is 1.86. The summed E-state index contributed by atoms with van der Waals surface area (Å²) in [7, 11) is 1.58. The molecule has 2 rings (SSSR count). The number of carbonyl (C=O) groups is 1. The molecule has 1 aliphatic heterocycles. The van der Waals surface area contributed by atoms with Crippen molar-refractivity contribution in [3.8, 4) is 5.75 Å². The molecule has 19 heavy (non-hydrogen) atoms. The van der Waals surface area contributed by atoms with Crippen LogP contribution in [0.2, 0.25) is 0 Å². The molecule has 1 N–H and O–H groups in total. The summed E-state index contributed by atoms with van der Waals surface area (Å²) >= 11 is 0. The number of hydrogen-bond acceptors (Lipinski definition) is 4. The first kappa shape index (κ1) is 13.6. The van der Waals surface area contributed by atoms with Crippen LogP contribution in [0.1, 0.15) is 23.8 Å². The minimum Gasteiger partial charge on any atom is -0.497 e. The maximum absolute atomic E-state index is 10.6. The van der Waals surface area contributed by atoms with Crippen molar-refractivity contribution in [2.24, 2.45) is 0 Å². The van der Waals surface area contributed by atoms with Crippen LogP contribution in [0, 0.1) is 0 Å². The smallest absolute Gasteiger partial charge is 0.328 e. The van der Waals surface area contributed by atoms with Gasteiger partial charge in [-0.05, 0) is 30.2 Å². The average molecular weight is 264 g/mol. The van der Waals surface area contributed by atoms with E-state index < -0.39 is 12.3 Å². The van der Waals surface area contributed by atoms with Crippen LogP contribution in [0.15, 0.2) is 24.3 Å². The third kappa shape index (κ3) is 3.56. The first-order chi connectivity index (χ1) is 9.20. The Morgan fingerprint density at radius 3 is 2.79 bits per heavy atom. The van der Waals surface area contributed by atoms with Crippen LogP contribution in [0.4, 0.5) is 0 Å². The maximum atomic E-state index is 10.6. The minimum absolute atomic E-state index is 0.475. The first-order valence-electron chi connectivity index (χ1n) is 6.03. The Morgan fingerprint density at radius 1 is 1.42 bits per heavy atom. The highest BCUT2D eigenvalue weighted by Gasteiger charge is 2.19. The van der Waals surface area contributed by atoms with Gasteiger partial charge in [0.15, 0.2) is 6.29 Å². The molecule has 1 aromatic carbocycles. The monoisotopic (exact) mass is 264 g/mol. The standard InChI is InChI=1S/C14H16O5/c1-17-11-5-3-10(4-6-13(15)16)12(9-11)14-18-7-2-8-19-14/h3-6,9,14H,2,7-8H2,1H3,(H,15,16)/b6-4+. The summed E-state index contributed by atoms with van der Waals surface area (Å²) in [5, 5.41) is 8.70. The first-order valence-corrected chi connectivity index (χ1v) is 6.03. The Bertz CT molecular complexity index is 475. The molecular weight excluding hydrogens is 248 g/mol. The number of methoxy groups -OCH3 is 1. The quantitative estimate of drug-likeness (QED) is 0.845. The molecule has 0 radical (unpaired) electrons. The highest BCUT2D eigenvalue weighted by Crippen LogP contribution is 2.30. The van der Waals surface area contributed by atoms with Gasteiger partial charge in [-0.3, -0.25) is 0 Å². The lowest BCUT2D eigenvalue weighted by Gasteiger charge is -2.25. The van der Waals surface area contributed by atoms with Gasteiger partial charge in [-0.1, -0.05) is 6.07 Å². The highest BCUT2D eigenvalue weighted by molar-refractivity contribution is 5.85. The number of carboxylic acids is 1. The summed E-state index contributed by atoms with van der Waals surface area (Å²) in [5.74, 6) is -0.313. The van der Waals surface area contributed by atoms with E-state index in [-0.39, 0.29) is 0 Å². The average Bonchev–Trinajstić information content (AvgIpc) is 2.46. The van der Waals surface area contributed by atoms with Crippen LogP contribution in [-0.2, 0) is 14.3 Å². The van der Waals surface area contributed by atoms with Crippen molar-refractivity contribution in [1.29, 1.82) is 0 Å². The van der Waals surface area contributed by atoms with Crippen molar-refractivity contribution >= 4 is 12.0 Å². The molecule has 0 amide bonds. The second-order valence-corrected chi connectivity index (χ2v) is 4.09. The summed E-state index contributed by atoms with van der Waals surface area (Å²) < 4.78 is 16.3. The summed E-state index contributed by atoms with van der Waals surface area (Å²) in [6.07, 6.45) is 3.00. The molecule has 0 spiro atoms. The van der Waals surface area contributed by atoms with Crippen molar-refractivity contribution in [2.75, 3.05) is 20.3 Å². The van der Waals surface area contributed by atoms with E-state index in [2.05, 4.69) is 0 Å². The van der Waals surface area contributed by atoms with Crippen molar-refractivity contribution in [2.45, 2.75) is 12.7 Å². The van der Waals surface area contributed by atoms with Gasteiger partial charge < -0.3 is 19.3 Å². The van der Waals surface area contributed by atoms with E-state index in [1.165, 1.54) is 6.08 Å². The van der Waals surface area contributed by atoms with Gasteiger partial charge in [-0.25, -0.2) is 4.79 Å². The molecule has 102 valence electrons. The molecule has 0 saturated carbocycles. The van der Waals surface area contributed by atoms with Gasteiger partial charge in [0.05, 0.1) is 20.3 Å². The molecule has 1 fully saturated rings. The number of ether oxygens (including phenoxy) is 3. The molecule has 0 bridgehead atoms. The molecule has 1 aromatic rings. The SMILES string of the molecule is COc1ccc(/C=C/C(=O)O)c(C2OCCCO2)c1. The summed E-state index contributed by atoms with van der Waals surface area (Å²) in [6, 6.07) is 5.36. The number of carboxylic acid groups (broad SMARTS) is 1. The van der Waals surface area contributed by atoms with E-state index >= 15 is 0 Å². The molecule has 0 unspecified atom stereocenters. The molecule has 0 aromatic heterocycles. The van der Waals surface area contributed by atoms with E-state index in [0.717, 1.165) is 23.6 Å². The topological polar surface area (TPSA) is 65.0 Å². The van der Waals surface area contributed by atoms with Crippen LogP contribution in [0.5, 0.6) is 5.75 Å². The highest BCUT2D eigenvalue weighted by atomic mass is 16.7. The lowest BCUT2D eigenvalue weighted by atomic mass is 10.1. The van der Waals surface area contributed by atoms with E-state index in [4.69, 9.17) is 19.3 Å². The fraction of sp³-hybridized carbons (Fsp3) is 0.357. The van der Waals surface area contributed by atoms with Gasteiger partial charge in [-0.2, -0.15) is 0 Å². The van der Waals surface area contributed by atoms with Crippen molar-refractivity contribution in [3.05, 3.63) is 35.4 Å². The summed E-state index contributed by atoms with van der Waals surface area (Å²) in [4.78, 5) is 10.6. The Labute approximate surface area is 111 Å². The third-order valence-corrected chi connectivity index (χ3v) is 2.78. The van der Waals surface area contributed by atoms with Crippen LogP contribution in [0.25, 0.3) is 6.08 Å². The summed E-state index contributed by atoms with van der Waals surface area (Å²) in [5.41, 5.74) is 1.52. The van der Waals surface area contributed by atoms with Crippen molar-refractivity contribution < 1.29 is 24.1 Å². The van der Waals surface area contributed by atoms with E-state index in [1.807, 2.05) is 0 Å². The zero-order valence-electron chi connectivity index (χ0n) is 10.7. The number of aliphatic carboxylic acids is 1. The molecule has 1 heterocycles. The Kier molecular flexibility index (Phi) is 4.54. The van der Waals surface area contributed by atoms with Gasteiger partial charge in [0, 0.05) is 11.6 Å². The Balaban J connectivity index is 2.32. The minimum atomic E-state index is -0.993. The second-order valence-electron chi connectivity index (χ2n) is 4.09. The Morgan fingerprint density at radius 2 is 2.16 bits per heavy atom. The number of hydrogen-bond donors (Lipinski definition) is 1. The van der Waals surface area contributed by atoms with Crippen LogP contribution in [-0.4, -0.2) is 31.4 Å². The zero-order valence-corrected chi connectivity index (χ0v) is 10.7. The van der Waals surface area contributed by atoms with Gasteiger partial charge in [0.2, 0.25) is 0 Å². The zero-order chi connectivity index (χ0) is 13.7. The molecule has 0 atom stereocenters. The Hall–Kier alpha value is -1.85. The van der Waals surface area contributed by atoms with Crippen LogP contribution >= 0.6 is 0 Å². The van der Waals surface area contributed by atoms with Gasteiger partial charge in [0.25, 0.3) is 0 Å². The lowest BCUT2D eigenvalue weighted by molar-refractivity contribution is -0.183. The predicted octanol–water partition coefficient (Wildman–Crippen LogP) is 2.23. The van der Waals surface area contributed by atoms with Gasteiger partial charge >= 0.3 is 5.97 Å². The molecule has 0 aliphatic carbocycles. The number of rotatable bonds is 4. The van der Waals surface area contributed by atoms with Crippen molar-refractivity contribution in [1.82, 2.24) is 0 Å². The molecular formula is C14H16O5. The maximum Gasteiger partial charge on any atom is 0.328 e. The normalized spacial score (nSPS) is 16.7. The van der Waals surface area contributed by atoms with Gasteiger partial charge in [0.1, 0.15) is 5.75 Å². The largest absolute Gasteiger partial charge is 0.497 e. The predicted molar refractivity (Wildman–Crippen MR) is 68.9 cm³/mol. The van der Waals surface area contributed by atoms with E-state index in [0.29, 0.717) is 19.0 Å². The van der Waals surface area contributed by atoms with Gasteiger partial charge in [-0.15, -0.1) is 0 Å². The third-order valence-electron chi connectivity index (χ3n) is 2.78. The number of benzene rings is 1. The molecule has 5 heteroatoms. The summed E-state index contributed by atoms with van der Waals surface area (Å²) in [6.45, 7) is 1.26. The molecule has 5 nitrogen and oxygen atoms in total. The molecule has 1 saturated heterocycles. The molecule has 1 aliphatic rings. The van der Waals surface area contributed by atoms with Crippen molar-refractivity contribution in [3.63, 3.8) is 0 Å². The van der Waals surface area contributed by atoms with E-state index in [1.54, 1.807) is 25.3 Å². The second kappa shape index (κ2) is 6.36. The lowest BCUT2D eigenvalue weighted by Crippen LogP contribution is -2.18. The van der Waals surface area contributed by atoms with Crippen LogP contribution in [0.3, 0.4) is 0 Å². The fourth-order valence-electron chi connectivity index (χ4n) is 1.86. The van der Waals surface area contributed by atoms with Crippen LogP contribution < -0.4 is 4.74 Å².